The summed E-state index contributed by atoms with van der Waals surface area (Å²) in [5, 5.41) is 27.9. The maximum absolute atomic E-state index is 14.0. The van der Waals surface area contributed by atoms with E-state index in [1.807, 2.05) is 6.92 Å². The van der Waals surface area contributed by atoms with Crippen molar-refractivity contribution in [3.05, 3.63) is 87.6 Å². The molecule has 1 fully saturated rings. The zero-order valence-electron chi connectivity index (χ0n) is 22.6. The van der Waals surface area contributed by atoms with Crippen molar-refractivity contribution in [1.29, 1.82) is 0 Å². The minimum atomic E-state index is -1.25. The summed E-state index contributed by atoms with van der Waals surface area (Å²) >= 11 is 9.77. The topological polar surface area (TPSA) is 167 Å². The second-order valence-electron chi connectivity index (χ2n) is 9.62. The highest BCUT2D eigenvalue weighted by Gasteiger charge is 2.58. The van der Waals surface area contributed by atoms with Gasteiger partial charge in [0.25, 0.3) is 5.91 Å². The molecule has 2 aromatic carbocycles. The Hall–Kier alpha value is -3.63. The molecule has 1 unspecified atom stereocenters. The van der Waals surface area contributed by atoms with Crippen LogP contribution in [0.2, 0.25) is 0 Å². The fraction of sp³-hybridized carbons (Fsp3) is 0.250. The maximum Gasteiger partial charge on any atom is 0.352 e. The molecule has 5 rings (SSSR count). The number of carboxylic acid groups (broad SMARTS) is 2. The predicted octanol–water partition coefficient (Wildman–Crippen LogP) is 3.36. The monoisotopic (exact) mass is 655 g/mol. The second kappa shape index (κ2) is 12.9. The van der Waals surface area contributed by atoms with Gasteiger partial charge in [-0.2, -0.15) is 0 Å². The number of nitrogens with two attached hydrogens (primary N) is 1. The zero-order valence-corrected chi connectivity index (χ0v) is 25.8. The molecule has 15 heteroatoms. The summed E-state index contributed by atoms with van der Waals surface area (Å²) in [6, 6.07) is 12.6. The number of carbonyl (C=O) groups excluding carboxylic acids is 2. The van der Waals surface area contributed by atoms with E-state index in [-0.39, 0.29) is 22.7 Å². The number of amides is 2. The minimum Gasteiger partial charge on any atom is -0.478 e. The van der Waals surface area contributed by atoms with Gasteiger partial charge in [-0.05, 0) is 29.7 Å². The molecule has 0 spiro atoms. The van der Waals surface area contributed by atoms with Gasteiger partial charge < -0.3 is 15.9 Å². The molecule has 3 atom stereocenters. The molecule has 0 aliphatic carbocycles. The van der Waals surface area contributed by atoms with Gasteiger partial charge in [0.2, 0.25) is 5.91 Å². The highest BCUT2D eigenvalue weighted by molar-refractivity contribution is 8.01. The first-order valence-electron chi connectivity index (χ1n) is 12.9. The lowest BCUT2D eigenvalue weighted by Gasteiger charge is -2.53. The van der Waals surface area contributed by atoms with Crippen LogP contribution in [-0.4, -0.2) is 81.9 Å². The van der Waals surface area contributed by atoms with Crippen LogP contribution in [0.1, 0.15) is 32.5 Å². The number of aromatic carboxylic acids is 1. The summed E-state index contributed by atoms with van der Waals surface area (Å²) in [6.07, 6.45) is -0.114. The molecule has 0 bridgehead atoms. The molecule has 4 N–H and O–H groups in total. The molecule has 1 saturated heterocycles. The Balaban J connectivity index is 1.46. The third kappa shape index (κ3) is 6.21. The molecular weight excluding hydrogens is 631 g/mol. The molecule has 2 aliphatic rings. The van der Waals surface area contributed by atoms with E-state index in [0.717, 1.165) is 9.91 Å². The Morgan fingerprint density at radius 3 is 2.47 bits per heavy atom. The number of aliphatic carboxylic acids is 1. The van der Waals surface area contributed by atoms with Crippen LogP contribution in [0.5, 0.6) is 0 Å². The van der Waals surface area contributed by atoms with Crippen LogP contribution in [0.4, 0.5) is 0 Å². The first kappa shape index (κ1) is 30.8. The summed E-state index contributed by atoms with van der Waals surface area (Å²) < 4.78 is 0.688. The molecule has 2 aliphatic heterocycles. The summed E-state index contributed by atoms with van der Waals surface area (Å²) in [6.45, 7) is 1.82. The number of benzene rings is 2. The number of rotatable bonds is 10. The van der Waals surface area contributed by atoms with Crippen LogP contribution in [0, 0.1) is 6.92 Å². The molecule has 43 heavy (non-hydrogen) atoms. The first-order chi connectivity index (χ1) is 20.6. The maximum atomic E-state index is 14.0. The number of thioether (sulfide) groups is 2. The Labute approximate surface area is 264 Å². The van der Waals surface area contributed by atoms with Crippen LogP contribution < -0.4 is 5.73 Å². The summed E-state index contributed by atoms with van der Waals surface area (Å²) in [5.41, 5.74) is 7.69. The average Bonchev–Trinajstić information content (AvgIpc) is 3.42. The summed E-state index contributed by atoms with van der Waals surface area (Å²) in [7, 11) is 0. The Morgan fingerprint density at radius 1 is 1.12 bits per heavy atom. The van der Waals surface area contributed by atoms with Crippen molar-refractivity contribution in [2.24, 2.45) is 5.73 Å². The quantitative estimate of drug-likeness (QED) is 0.166. The molecule has 2 amide bonds. The van der Waals surface area contributed by atoms with E-state index < -0.39 is 41.2 Å². The van der Waals surface area contributed by atoms with E-state index >= 15 is 0 Å². The van der Waals surface area contributed by atoms with E-state index in [1.165, 1.54) is 45.8 Å². The lowest BCUT2D eigenvalue weighted by molar-refractivity contribution is -0.156. The fourth-order valence-corrected chi connectivity index (χ4v) is 8.57. The van der Waals surface area contributed by atoms with Crippen LogP contribution in [0.15, 0.2) is 70.2 Å². The van der Waals surface area contributed by atoms with Gasteiger partial charge in [0.05, 0.1) is 10.6 Å². The first-order valence-corrected chi connectivity index (χ1v) is 16.1. The number of aryl methyl sites for hydroxylation is 1. The smallest absolute Gasteiger partial charge is 0.352 e. The van der Waals surface area contributed by atoms with Gasteiger partial charge in [-0.25, -0.2) is 9.59 Å². The highest BCUT2D eigenvalue weighted by Crippen LogP contribution is 2.44. The van der Waals surface area contributed by atoms with Crippen LogP contribution in [0.25, 0.3) is 0 Å². The van der Waals surface area contributed by atoms with Crippen molar-refractivity contribution < 1.29 is 29.4 Å². The molecule has 222 valence electrons. The third-order valence-corrected chi connectivity index (χ3v) is 10.6. The Bertz CT molecular complexity index is 1640. The van der Waals surface area contributed by atoms with E-state index in [4.69, 9.17) is 18.0 Å². The van der Waals surface area contributed by atoms with E-state index in [9.17, 15) is 29.4 Å². The molecule has 3 heterocycles. The number of hydrogen-bond acceptors (Lipinski definition) is 11. The number of aromatic nitrogens is 2. The van der Waals surface area contributed by atoms with Crippen molar-refractivity contribution in [3.8, 4) is 0 Å². The van der Waals surface area contributed by atoms with Crippen molar-refractivity contribution in [3.63, 3.8) is 0 Å². The van der Waals surface area contributed by atoms with Crippen LogP contribution in [0.3, 0.4) is 0 Å². The van der Waals surface area contributed by atoms with Gasteiger partial charge in [-0.15, -0.1) is 22.0 Å². The van der Waals surface area contributed by atoms with Crippen LogP contribution in [-0.2, 0) is 20.8 Å². The normalized spacial score (nSPS) is 18.5. The van der Waals surface area contributed by atoms with E-state index in [1.54, 1.807) is 48.5 Å². The Kier molecular flexibility index (Phi) is 9.27. The van der Waals surface area contributed by atoms with Crippen molar-refractivity contribution in [1.82, 2.24) is 20.0 Å². The number of carbonyl (C=O) groups is 4. The Morgan fingerprint density at radius 2 is 1.81 bits per heavy atom. The van der Waals surface area contributed by atoms with Gasteiger partial charge in [0.1, 0.15) is 28.2 Å². The number of β-lactam (4-membered cyclic amide) rings is 1. The predicted molar refractivity (Wildman–Crippen MR) is 167 cm³/mol. The largest absolute Gasteiger partial charge is 0.478 e. The van der Waals surface area contributed by atoms with E-state index in [2.05, 4.69) is 10.2 Å². The van der Waals surface area contributed by atoms with Crippen molar-refractivity contribution in [2.75, 3.05) is 11.5 Å². The number of thiocarbonyl (C=S) groups is 1. The average molecular weight is 656 g/mol. The standard InChI is InChI=1S/C28H25N5O6S4/c1-14-30-31-28(43-14)42-13-17-12-41-25-22(24(35)33(25)21(17)27(38)39)32(23(34)20(29)15-7-3-2-4-8-15)19(40)11-16-9-5-6-10-18(16)26(36)37/h2-10,20,22,25H,11-13,29H2,1H3,(H,36,37)(H,38,39)/t20-,22?,25-/m1/s1. The van der Waals surface area contributed by atoms with Crippen molar-refractivity contribution >= 4 is 75.8 Å². The van der Waals surface area contributed by atoms with Gasteiger partial charge >= 0.3 is 11.9 Å². The number of fused-ring (bicyclic) bond motifs is 1. The van der Waals surface area contributed by atoms with Crippen LogP contribution >= 0.6 is 47.1 Å². The second-order valence-corrected chi connectivity index (χ2v) is 13.6. The summed E-state index contributed by atoms with van der Waals surface area (Å²) in [5.74, 6) is -3.05. The molecule has 0 saturated carbocycles. The lowest BCUT2D eigenvalue weighted by atomic mass is 9.97. The molecule has 1 aromatic heterocycles. The van der Waals surface area contributed by atoms with Gasteiger partial charge in [-0.3, -0.25) is 19.4 Å². The third-order valence-electron chi connectivity index (χ3n) is 6.90. The highest BCUT2D eigenvalue weighted by atomic mass is 32.2. The van der Waals surface area contributed by atoms with Crippen molar-refractivity contribution in [2.45, 2.75) is 35.1 Å². The lowest BCUT2D eigenvalue weighted by Crippen LogP contribution is -2.72. The fourth-order valence-electron chi connectivity index (χ4n) is 4.86. The number of carboxylic acids is 2. The number of nitrogens with zero attached hydrogens (tertiary/aromatic N) is 4. The number of hydrogen-bond donors (Lipinski definition) is 3. The van der Waals surface area contributed by atoms with Gasteiger partial charge in [-0.1, -0.05) is 83.8 Å². The zero-order chi connectivity index (χ0) is 30.8. The van der Waals surface area contributed by atoms with Gasteiger partial charge in [0.15, 0.2) is 4.34 Å². The molecule has 0 radical (unpaired) electrons. The summed E-state index contributed by atoms with van der Waals surface area (Å²) in [4.78, 5) is 54.4. The molecule has 3 aromatic rings. The SMILES string of the molecule is Cc1nnc(SCC2=C(C(=O)O)N3C(=O)C(N(C(=O)[C@H](N)c4ccccc4)C(=S)Cc4ccccc4C(=O)O)[C@H]3SC2)s1. The molecular formula is C28H25N5O6S4. The molecule has 11 nitrogen and oxygen atoms in total. The minimum absolute atomic E-state index is 0.0116. The van der Waals surface area contributed by atoms with E-state index in [0.29, 0.717) is 32.5 Å². The van der Waals surface area contributed by atoms with Gasteiger partial charge in [0, 0.05) is 17.9 Å².